The molecule has 0 unspecified atom stereocenters. The van der Waals surface area contributed by atoms with E-state index in [4.69, 9.17) is 16.3 Å². The fourth-order valence-corrected chi connectivity index (χ4v) is 5.88. The summed E-state index contributed by atoms with van der Waals surface area (Å²) in [7, 11) is -3.87. The smallest absolute Gasteiger partial charge is 0.308 e. The van der Waals surface area contributed by atoms with Gasteiger partial charge in [-0.15, -0.1) is 0 Å². The fourth-order valence-electron chi connectivity index (χ4n) is 3.53. The predicted octanol–water partition coefficient (Wildman–Crippen LogP) is 3.07. The molecule has 1 N–H and O–H groups in total. The van der Waals surface area contributed by atoms with Crippen LogP contribution in [0.1, 0.15) is 12.0 Å². The van der Waals surface area contributed by atoms with Crippen LogP contribution in [0, 0.1) is 6.92 Å². The highest BCUT2D eigenvalue weighted by Crippen LogP contribution is 2.27. The number of nitrogens with zero attached hydrogens (tertiary/aromatic N) is 2. The van der Waals surface area contributed by atoms with Crippen LogP contribution in [0.3, 0.4) is 0 Å². The van der Waals surface area contributed by atoms with Gasteiger partial charge in [0.25, 0.3) is 10.0 Å². The van der Waals surface area contributed by atoms with Gasteiger partial charge >= 0.3 is 4.87 Å². The van der Waals surface area contributed by atoms with Gasteiger partial charge in [0.15, 0.2) is 0 Å². The standard InChI is InChI=1S/C21H22ClN3O5S2/c1-14-16(22)3-2-4-17(14)23-32(28,29)15-5-6-18-19(13-15)31-21(27)25(18)8-7-20(26)24-9-11-30-12-10-24/h2-6,13,23H,7-12H2,1H3. The number of aryl methyl sites for hydroxylation is 1. The lowest BCUT2D eigenvalue weighted by Crippen LogP contribution is -2.41. The van der Waals surface area contributed by atoms with Crippen LogP contribution in [0.25, 0.3) is 10.2 Å². The van der Waals surface area contributed by atoms with Crippen molar-refractivity contribution >= 4 is 54.8 Å². The first kappa shape index (κ1) is 22.8. The van der Waals surface area contributed by atoms with Crippen molar-refractivity contribution in [2.24, 2.45) is 0 Å². The van der Waals surface area contributed by atoms with E-state index in [0.717, 1.165) is 11.3 Å². The van der Waals surface area contributed by atoms with Gasteiger partial charge in [-0.3, -0.25) is 18.9 Å². The zero-order valence-corrected chi connectivity index (χ0v) is 19.7. The molecule has 1 amide bonds. The highest BCUT2D eigenvalue weighted by molar-refractivity contribution is 7.92. The first-order valence-electron chi connectivity index (χ1n) is 10.0. The minimum atomic E-state index is -3.87. The molecule has 0 radical (unpaired) electrons. The second-order valence-corrected chi connectivity index (χ2v) is 10.5. The highest BCUT2D eigenvalue weighted by atomic mass is 35.5. The van der Waals surface area contributed by atoms with Gasteiger partial charge < -0.3 is 9.64 Å². The average molecular weight is 496 g/mol. The first-order valence-corrected chi connectivity index (χ1v) is 12.7. The number of sulfonamides is 1. The minimum absolute atomic E-state index is 0.0279. The van der Waals surface area contributed by atoms with Crippen molar-refractivity contribution in [2.75, 3.05) is 31.0 Å². The molecule has 0 atom stereocenters. The normalized spacial score (nSPS) is 14.6. The number of carbonyl (C=O) groups is 1. The Balaban J connectivity index is 1.55. The van der Waals surface area contributed by atoms with E-state index in [1.807, 2.05) is 0 Å². The van der Waals surface area contributed by atoms with Gasteiger partial charge in [-0.25, -0.2) is 8.42 Å². The van der Waals surface area contributed by atoms with Crippen LogP contribution in [-0.4, -0.2) is 50.1 Å². The number of thiazole rings is 1. The van der Waals surface area contributed by atoms with Crippen molar-refractivity contribution in [3.63, 3.8) is 0 Å². The van der Waals surface area contributed by atoms with E-state index in [9.17, 15) is 18.0 Å². The molecule has 11 heteroatoms. The molecule has 2 heterocycles. The molecule has 8 nitrogen and oxygen atoms in total. The molecule has 1 aromatic heterocycles. The molecule has 170 valence electrons. The molecule has 0 aliphatic carbocycles. The fraction of sp³-hybridized carbons (Fsp3) is 0.333. The van der Waals surface area contributed by atoms with E-state index in [2.05, 4.69) is 4.72 Å². The highest BCUT2D eigenvalue weighted by Gasteiger charge is 2.20. The van der Waals surface area contributed by atoms with Crippen molar-refractivity contribution in [2.45, 2.75) is 24.8 Å². The van der Waals surface area contributed by atoms with E-state index in [-0.39, 0.29) is 28.6 Å². The molecule has 3 aromatic rings. The summed E-state index contributed by atoms with van der Waals surface area (Å²) in [5.74, 6) is -0.0279. The molecule has 1 aliphatic rings. The van der Waals surface area contributed by atoms with Crippen molar-refractivity contribution in [1.82, 2.24) is 9.47 Å². The van der Waals surface area contributed by atoms with Gasteiger partial charge in [0.2, 0.25) is 5.91 Å². The second-order valence-electron chi connectivity index (χ2n) is 7.41. The number of rotatable bonds is 6. The predicted molar refractivity (Wildman–Crippen MR) is 125 cm³/mol. The van der Waals surface area contributed by atoms with Crippen LogP contribution < -0.4 is 9.60 Å². The number of ether oxygens (including phenoxy) is 1. The number of aromatic nitrogens is 1. The second kappa shape index (κ2) is 9.22. The zero-order valence-electron chi connectivity index (χ0n) is 17.3. The van der Waals surface area contributed by atoms with E-state index < -0.39 is 10.0 Å². The third-order valence-corrected chi connectivity index (χ3v) is 8.09. The topological polar surface area (TPSA) is 97.7 Å². The summed E-state index contributed by atoms with van der Waals surface area (Å²) < 4.78 is 35.7. The first-order chi connectivity index (χ1) is 15.3. The number of nitrogens with one attached hydrogen (secondary N) is 1. The van der Waals surface area contributed by atoms with Crippen LogP contribution in [0.15, 0.2) is 46.1 Å². The molecule has 2 aromatic carbocycles. The number of hydrogen-bond acceptors (Lipinski definition) is 6. The number of hydrogen-bond donors (Lipinski definition) is 1. The Kier molecular flexibility index (Phi) is 6.57. The lowest BCUT2D eigenvalue weighted by molar-refractivity contribution is -0.135. The molecule has 0 saturated carbocycles. The van der Waals surface area contributed by atoms with Gasteiger partial charge in [0.1, 0.15) is 0 Å². The van der Waals surface area contributed by atoms with Gasteiger partial charge in [-0.2, -0.15) is 0 Å². The van der Waals surface area contributed by atoms with Gasteiger partial charge in [0, 0.05) is 31.1 Å². The molecular formula is C21H22ClN3O5S2. The Morgan fingerprint density at radius 1 is 1.22 bits per heavy atom. The summed E-state index contributed by atoms with van der Waals surface area (Å²) in [6, 6.07) is 9.52. The number of anilines is 1. The number of halogens is 1. The Morgan fingerprint density at radius 3 is 2.72 bits per heavy atom. The summed E-state index contributed by atoms with van der Waals surface area (Å²) in [4.78, 5) is 26.5. The van der Waals surface area contributed by atoms with Crippen molar-refractivity contribution in [3.8, 4) is 0 Å². The van der Waals surface area contributed by atoms with Crippen molar-refractivity contribution < 1.29 is 17.9 Å². The zero-order chi connectivity index (χ0) is 22.9. The van der Waals surface area contributed by atoms with E-state index in [1.165, 1.54) is 16.7 Å². The number of amides is 1. The summed E-state index contributed by atoms with van der Waals surface area (Å²) in [6.45, 7) is 4.12. The van der Waals surface area contributed by atoms with Gasteiger partial charge in [-0.05, 0) is 42.8 Å². The molecule has 1 saturated heterocycles. The van der Waals surface area contributed by atoms with Crippen molar-refractivity contribution in [1.29, 1.82) is 0 Å². The summed E-state index contributed by atoms with van der Waals surface area (Å²) in [5, 5.41) is 0.461. The third-order valence-electron chi connectivity index (χ3n) is 5.38. The molecule has 32 heavy (non-hydrogen) atoms. The number of morpholine rings is 1. The van der Waals surface area contributed by atoms with Crippen LogP contribution >= 0.6 is 22.9 Å². The lowest BCUT2D eigenvalue weighted by Gasteiger charge is -2.26. The van der Waals surface area contributed by atoms with Crippen LogP contribution in [0.2, 0.25) is 5.02 Å². The number of fused-ring (bicyclic) bond motifs is 1. The average Bonchev–Trinajstić information content (AvgIpc) is 3.10. The summed E-state index contributed by atoms with van der Waals surface area (Å²) >= 11 is 7.04. The lowest BCUT2D eigenvalue weighted by atomic mass is 10.2. The van der Waals surface area contributed by atoms with Crippen LogP contribution in [0.5, 0.6) is 0 Å². The summed E-state index contributed by atoms with van der Waals surface area (Å²) in [6.07, 6.45) is 0.196. The third kappa shape index (κ3) is 4.68. The largest absolute Gasteiger partial charge is 0.378 e. The van der Waals surface area contributed by atoms with E-state index in [0.29, 0.717) is 52.8 Å². The SMILES string of the molecule is Cc1c(Cl)cccc1NS(=O)(=O)c1ccc2c(c1)sc(=O)n2CCC(=O)N1CCOCC1. The number of benzene rings is 2. The molecule has 0 bridgehead atoms. The van der Waals surface area contributed by atoms with Crippen LogP contribution in [0.4, 0.5) is 5.69 Å². The molecule has 0 spiro atoms. The number of carbonyl (C=O) groups excluding carboxylic acids is 1. The maximum atomic E-state index is 12.9. The Hall–Kier alpha value is -2.40. The molecule has 4 rings (SSSR count). The minimum Gasteiger partial charge on any atom is -0.378 e. The molecule has 1 aliphatic heterocycles. The Labute approximate surface area is 194 Å². The molecular weight excluding hydrogens is 474 g/mol. The Bertz CT molecular complexity index is 1330. The quantitative estimate of drug-likeness (QED) is 0.566. The monoisotopic (exact) mass is 495 g/mol. The van der Waals surface area contributed by atoms with Crippen LogP contribution in [-0.2, 0) is 26.1 Å². The van der Waals surface area contributed by atoms with E-state index >= 15 is 0 Å². The van der Waals surface area contributed by atoms with Gasteiger partial charge in [0.05, 0.1) is 34.0 Å². The van der Waals surface area contributed by atoms with E-state index in [1.54, 1.807) is 36.1 Å². The maximum absolute atomic E-state index is 12.9. The maximum Gasteiger partial charge on any atom is 0.308 e. The molecule has 1 fully saturated rings. The summed E-state index contributed by atoms with van der Waals surface area (Å²) in [5.41, 5.74) is 1.62. The Morgan fingerprint density at radius 2 is 1.97 bits per heavy atom. The van der Waals surface area contributed by atoms with Gasteiger partial charge in [-0.1, -0.05) is 29.0 Å². The van der Waals surface area contributed by atoms with Crippen molar-refractivity contribution in [3.05, 3.63) is 56.7 Å².